The number of nitrogens with one attached hydrogen (secondary N) is 1. The molecule has 7 N–H and O–H groups in total. The molecule has 2 aromatic heterocycles. The molecule has 2 aromatic rings. The Morgan fingerprint density at radius 3 is 2.26 bits per heavy atom. The maximum absolute atomic E-state index is 5.61. The maximum atomic E-state index is 5.61. The topological polar surface area (TPSA) is 142 Å². The van der Waals surface area contributed by atoms with Crippen LogP contribution in [0.15, 0.2) is 27.5 Å². The van der Waals surface area contributed by atoms with Crippen LogP contribution in [0.5, 0.6) is 0 Å². The molecule has 100 valence electrons. The van der Waals surface area contributed by atoms with Gasteiger partial charge in [-0.25, -0.2) is 25.8 Å². The molecule has 0 saturated heterocycles. The monoisotopic (exact) mass is 296 g/mol. The van der Waals surface area contributed by atoms with E-state index in [0.717, 1.165) is 0 Å². The highest BCUT2D eigenvalue weighted by Crippen LogP contribution is 2.27. The van der Waals surface area contributed by atoms with Crippen LogP contribution in [0.3, 0.4) is 0 Å². The molecule has 0 atom stereocenters. The van der Waals surface area contributed by atoms with Crippen LogP contribution in [0.1, 0.15) is 0 Å². The molecule has 0 bridgehead atoms. The standard InChI is InChI=1S/C9H12N8S2/c1-18-8-15-6(17-12)3-7(16-8)19-9-13-4(10)2-5(11)14-9/h2-3H,12H2,1H3,(H,15,16,17)(H4,10,11,13,14). The number of nitrogen functional groups attached to an aromatic ring is 3. The zero-order valence-electron chi connectivity index (χ0n) is 9.99. The van der Waals surface area contributed by atoms with Gasteiger partial charge in [0.2, 0.25) is 0 Å². The molecular formula is C9H12N8S2. The predicted octanol–water partition coefficient (Wildman–Crippen LogP) is 0.590. The Labute approximate surface area is 118 Å². The van der Waals surface area contributed by atoms with Gasteiger partial charge in [0.25, 0.3) is 0 Å². The van der Waals surface area contributed by atoms with Crippen molar-refractivity contribution in [2.45, 2.75) is 15.3 Å². The Bertz CT molecular complexity index is 548. The van der Waals surface area contributed by atoms with E-state index in [1.54, 1.807) is 6.07 Å². The lowest BCUT2D eigenvalue weighted by atomic mass is 10.5. The number of anilines is 3. The first-order valence-electron chi connectivity index (χ1n) is 5.08. The van der Waals surface area contributed by atoms with Crippen LogP contribution in [0.2, 0.25) is 0 Å². The average molecular weight is 296 g/mol. The fourth-order valence-electron chi connectivity index (χ4n) is 1.22. The Kier molecular flexibility index (Phi) is 4.24. The van der Waals surface area contributed by atoms with Crippen molar-refractivity contribution < 1.29 is 0 Å². The molecule has 2 rings (SSSR count). The smallest absolute Gasteiger partial charge is 0.197 e. The van der Waals surface area contributed by atoms with Crippen molar-refractivity contribution in [3.05, 3.63) is 12.1 Å². The van der Waals surface area contributed by atoms with Gasteiger partial charge in [0, 0.05) is 12.1 Å². The Morgan fingerprint density at radius 1 is 1.00 bits per heavy atom. The van der Waals surface area contributed by atoms with Crippen LogP contribution in [0.25, 0.3) is 0 Å². The van der Waals surface area contributed by atoms with Gasteiger partial charge in [-0.2, -0.15) is 0 Å². The highest BCUT2D eigenvalue weighted by atomic mass is 32.2. The van der Waals surface area contributed by atoms with Crippen molar-refractivity contribution in [3.63, 3.8) is 0 Å². The molecule has 0 aromatic carbocycles. The minimum atomic E-state index is 0.311. The number of thioether (sulfide) groups is 1. The highest BCUT2D eigenvalue weighted by molar-refractivity contribution is 7.99. The van der Waals surface area contributed by atoms with Crippen molar-refractivity contribution in [1.29, 1.82) is 0 Å². The normalized spacial score (nSPS) is 10.4. The first kappa shape index (κ1) is 13.6. The molecular weight excluding hydrogens is 284 g/mol. The van der Waals surface area contributed by atoms with E-state index in [0.29, 0.717) is 32.8 Å². The van der Waals surface area contributed by atoms with Gasteiger partial charge < -0.3 is 16.9 Å². The number of hydrogen-bond donors (Lipinski definition) is 4. The van der Waals surface area contributed by atoms with Gasteiger partial charge in [-0.1, -0.05) is 11.8 Å². The second-order valence-corrected chi connectivity index (χ2v) is 5.09. The van der Waals surface area contributed by atoms with Crippen molar-refractivity contribution in [2.75, 3.05) is 23.1 Å². The average Bonchev–Trinajstić information content (AvgIpc) is 2.37. The van der Waals surface area contributed by atoms with Crippen LogP contribution in [-0.4, -0.2) is 26.2 Å². The molecule has 0 amide bonds. The van der Waals surface area contributed by atoms with Crippen LogP contribution >= 0.6 is 23.5 Å². The van der Waals surface area contributed by atoms with Gasteiger partial charge >= 0.3 is 0 Å². The van der Waals surface area contributed by atoms with E-state index in [-0.39, 0.29) is 0 Å². The van der Waals surface area contributed by atoms with Gasteiger partial charge in [0.15, 0.2) is 10.3 Å². The third-order valence-corrected chi connectivity index (χ3v) is 3.28. The van der Waals surface area contributed by atoms with Crippen molar-refractivity contribution >= 4 is 41.0 Å². The zero-order valence-corrected chi connectivity index (χ0v) is 11.6. The Morgan fingerprint density at radius 2 is 1.68 bits per heavy atom. The molecule has 10 heteroatoms. The SMILES string of the molecule is CSc1nc(NN)cc(Sc2nc(N)cc(N)n2)n1. The predicted molar refractivity (Wildman–Crippen MR) is 76.6 cm³/mol. The van der Waals surface area contributed by atoms with Crippen LogP contribution < -0.4 is 22.7 Å². The van der Waals surface area contributed by atoms with E-state index >= 15 is 0 Å². The number of aromatic nitrogens is 4. The van der Waals surface area contributed by atoms with Crippen LogP contribution in [-0.2, 0) is 0 Å². The van der Waals surface area contributed by atoms with E-state index in [1.165, 1.54) is 29.6 Å². The number of hydrogen-bond acceptors (Lipinski definition) is 10. The van der Waals surface area contributed by atoms with Gasteiger partial charge in [0.1, 0.15) is 22.5 Å². The van der Waals surface area contributed by atoms with Gasteiger partial charge in [0.05, 0.1) is 0 Å². The summed E-state index contributed by atoms with van der Waals surface area (Å²) in [5.74, 6) is 6.49. The largest absolute Gasteiger partial charge is 0.383 e. The van der Waals surface area contributed by atoms with Gasteiger partial charge in [-0.05, 0) is 18.0 Å². The maximum Gasteiger partial charge on any atom is 0.197 e. The fraction of sp³-hybridized carbons (Fsp3) is 0.111. The summed E-state index contributed by atoms with van der Waals surface area (Å²) in [4.78, 5) is 16.6. The second kappa shape index (κ2) is 5.91. The second-order valence-electron chi connectivity index (χ2n) is 3.32. The fourth-order valence-corrected chi connectivity index (χ4v) is 2.45. The molecule has 0 aliphatic rings. The molecule has 2 heterocycles. The van der Waals surface area contributed by atoms with Crippen molar-refractivity contribution in [2.24, 2.45) is 5.84 Å². The highest BCUT2D eigenvalue weighted by Gasteiger charge is 2.08. The summed E-state index contributed by atoms with van der Waals surface area (Å²) < 4.78 is 0. The number of nitrogens with zero attached hydrogens (tertiary/aromatic N) is 4. The lowest BCUT2D eigenvalue weighted by Crippen LogP contribution is -2.09. The molecule has 0 saturated carbocycles. The van der Waals surface area contributed by atoms with Crippen LogP contribution in [0.4, 0.5) is 17.5 Å². The minimum Gasteiger partial charge on any atom is -0.383 e. The van der Waals surface area contributed by atoms with Gasteiger partial charge in [-0.3, -0.25) is 0 Å². The zero-order chi connectivity index (χ0) is 13.8. The van der Waals surface area contributed by atoms with Gasteiger partial charge in [-0.15, -0.1) is 0 Å². The summed E-state index contributed by atoms with van der Waals surface area (Å²) in [7, 11) is 0. The number of nitrogens with two attached hydrogens (primary N) is 3. The molecule has 0 spiro atoms. The third-order valence-electron chi connectivity index (χ3n) is 1.95. The summed E-state index contributed by atoms with van der Waals surface area (Å²) in [5.41, 5.74) is 13.7. The molecule has 0 unspecified atom stereocenters. The first-order chi connectivity index (χ1) is 9.10. The number of rotatable bonds is 4. The molecule has 0 radical (unpaired) electrons. The Hall–Kier alpha value is -1.78. The van der Waals surface area contributed by atoms with E-state index in [9.17, 15) is 0 Å². The molecule has 0 aliphatic heterocycles. The van der Waals surface area contributed by atoms with E-state index < -0.39 is 0 Å². The molecule has 19 heavy (non-hydrogen) atoms. The molecule has 8 nitrogen and oxygen atoms in total. The van der Waals surface area contributed by atoms with E-state index in [4.69, 9.17) is 17.3 Å². The van der Waals surface area contributed by atoms with E-state index in [2.05, 4.69) is 25.4 Å². The Balaban J connectivity index is 2.31. The summed E-state index contributed by atoms with van der Waals surface area (Å²) in [6.07, 6.45) is 1.87. The molecule has 0 aliphatic carbocycles. The van der Waals surface area contributed by atoms with Crippen LogP contribution in [0, 0.1) is 0 Å². The lowest BCUT2D eigenvalue weighted by Gasteiger charge is -2.05. The number of hydrazine groups is 1. The third kappa shape index (κ3) is 3.59. The summed E-state index contributed by atoms with van der Waals surface area (Å²) in [5, 5.41) is 1.67. The van der Waals surface area contributed by atoms with E-state index in [1.807, 2.05) is 6.26 Å². The van der Waals surface area contributed by atoms with Crippen molar-refractivity contribution in [1.82, 2.24) is 19.9 Å². The summed E-state index contributed by atoms with van der Waals surface area (Å²) >= 11 is 2.64. The summed E-state index contributed by atoms with van der Waals surface area (Å²) in [6.45, 7) is 0. The first-order valence-corrected chi connectivity index (χ1v) is 7.12. The molecule has 0 fully saturated rings. The minimum absolute atomic E-state index is 0.311. The summed E-state index contributed by atoms with van der Waals surface area (Å²) in [6, 6.07) is 3.18. The quantitative estimate of drug-likeness (QED) is 0.208. The lowest BCUT2D eigenvalue weighted by molar-refractivity contribution is 0.886. The van der Waals surface area contributed by atoms with Crippen molar-refractivity contribution in [3.8, 4) is 0 Å².